The van der Waals surface area contributed by atoms with Crippen LogP contribution in [0.2, 0.25) is 0 Å². The molecule has 0 atom stereocenters. The van der Waals surface area contributed by atoms with Crippen LogP contribution in [0.4, 0.5) is 5.69 Å². The molecular weight excluding hydrogens is 290 g/mol. The van der Waals surface area contributed by atoms with Crippen molar-refractivity contribution in [3.63, 3.8) is 0 Å². The maximum absolute atomic E-state index is 12.1. The molecule has 1 amide bonds. The highest BCUT2D eigenvalue weighted by atomic mass is 32.2. The minimum Gasteiger partial charge on any atom is -0.497 e. The Balaban J connectivity index is 2.07. The van der Waals surface area contributed by atoms with Crippen molar-refractivity contribution < 1.29 is 17.9 Å². The van der Waals surface area contributed by atoms with Crippen molar-refractivity contribution in [1.82, 2.24) is 0 Å². The highest BCUT2D eigenvalue weighted by Gasteiger charge is 2.19. The van der Waals surface area contributed by atoms with Crippen LogP contribution in [0.15, 0.2) is 59.5 Å². The molecule has 6 heteroatoms. The van der Waals surface area contributed by atoms with Gasteiger partial charge in [-0.15, -0.1) is 0 Å². The van der Waals surface area contributed by atoms with Gasteiger partial charge in [0.1, 0.15) is 11.5 Å². The molecule has 0 unspecified atom stereocenters. The molecule has 0 spiro atoms. The van der Waals surface area contributed by atoms with E-state index in [-0.39, 0.29) is 4.90 Å². The van der Waals surface area contributed by atoms with E-state index in [4.69, 9.17) is 4.74 Å². The molecule has 2 rings (SSSR count). The van der Waals surface area contributed by atoms with Gasteiger partial charge < -0.3 is 10.1 Å². The average Bonchev–Trinajstić information content (AvgIpc) is 2.47. The number of benzene rings is 2. The summed E-state index contributed by atoms with van der Waals surface area (Å²) in [6.07, 6.45) is 0. The van der Waals surface area contributed by atoms with E-state index in [9.17, 15) is 13.2 Å². The van der Waals surface area contributed by atoms with Gasteiger partial charge in [0.15, 0.2) is 9.84 Å². The van der Waals surface area contributed by atoms with E-state index in [0.717, 1.165) is 0 Å². The van der Waals surface area contributed by atoms with Crippen LogP contribution in [0, 0.1) is 0 Å². The molecule has 0 aromatic heterocycles. The zero-order valence-electron chi connectivity index (χ0n) is 11.4. The predicted molar refractivity (Wildman–Crippen MR) is 80.1 cm³/mol. The van der Waals surface area contributed by atoms with Crippen molar-refractivity contribution in [3.8, 4) is 5.75 Å². The molecule has 2 aromatic carbocycles. The molecule has 0 aliphatic heterocycles. The largest absolute Gasteiger partial charge is 0.497 e. The van der Waals surface area contributed by atoms with Crippen molar-refractivity contribution in [1.29, 1.82) is 0 Å². The Hall–Kier alpha value is -2.34. The number of hydrogen-bond acceptors (Lipinski definition) is 4. The number of para-hydroxylation sites is 1. The Morgan fingerprint density at radius 2 is 1.67 bits per heavy atom. The summed E-state index contributed by atoms with van der Waals surface area (Å²) in [5.74, 6) is -0.617. The summed E-state index contributed by atoms with van der Waals surface area (Å²) in [7, 11) is -2.18. The Bertz CT molecular complexity index is 709. The summed E-state index contributed by atoms with van der Waals surface area (Å²) < 4.78 is 29.2. The van der Waals surface area contributed by atoms with Gasteiger partial charge in [-0.2, -0.15) is 0 Å². The first kappa shape index (κ1) is 15.1. The number of ether oxygens (including phenoxy) is 1. The molecular formula is C15H15NO4S. The maximum Gasteiger partial charge on any atom is 0.239 e. The standard InChI is InChI=1S/C15H15NO4S/c1-20-13-7-9-14(10-8-13)21(18,19)11-15(17)16-12-5-3-2-4-6-12/h2-10H,11H2,1H3,(H,16,17). The third-order valence-electron chi connectivity index (χ3n) is 2.80. The molecule has 0 aliphatic carbocycles. The lowest BCUT2D eigenvalue weighted by Crippen LogP contribution is -2.22. The first-order valence-corrected chi connectivity index (χ1v) is 7.88. The zero-order chi connectivity index (χ0) is 15.3. The van der Waals surface area contributed by atoms with Crippen LogP contribution in [-0.2, 0) is 14.6 Å². The fourth-order valence-electron chi connectivity index (χ4n) is 1.76. The van der Waals surface area contributed by atoms with E-state index in [0.29, 0.717) is 11.4 Å². The van der Waals surface area contributed by atoms with Gasteiger partial charge >= 0.3 is 0 Å². The molecule has 0 aliphatic rings. The number of amides is 1. The molecule has 0 radical (unpaired) electrons. The molecule has 0 heterocycles. The van der Waals surface area contributed by atoms with Gasteiger partial charge in [-0.1, -0.05) is 18.2 Å². The van der Waals surface area contributed by atoms with Crippen LogP contribution in [0.25, 0.3) is 0 Å². The van der Waals surface area contributed by atoms with E-state index in [1.54, 1.807) is 36.4 Å². The van der Waals surface area contributed by atoms with Crippen molar-refractivity contribution >= 4 is 21.4 Å². The van der Waals surface area contributed by atoms with Crippen LogP contribution < -0.4 is 10.1 Å². The first-order chi connectivity index (χ1) is 10.0. The second-order valence-electron chi connectivity index (χ2n) is 4.35. The Morgan fingerprint density at radius 1 is 1.05 bits per heavy atom. The second-order valence-corrected chi connectivity index (χ2v) is 6.34. The number of carbonyl (C=O) groups is 1. The molecule has 110 valence electrons. The zero-order valence-corrected chi connectivity index (χ0v) is 12.3. The quantitative estimate of drug-likeness (QED) is 0.918. The Kier molecular flexibility index (Phi) is 4.59. The van der Waals surface area contributed by atoms with Gasteiger partial charge in [-0.05, 0) is 36.4 Å². The number of sulfone groups is 1. The lowest BCUT2D eigenvalue weighted by atomic mass is 10.3. The summed E-state index contributed by atoms with van der Waals surface area (Å²) in [4.78, 5) is 11.9. The van der Waals surface area contributed by atoms with Crippen LogP contribution in [0.1, 0.15) is 0 Å². The maximum atomic E-state index is 12.1. The number of methoxy groups -OCH3 is 1. The normalized spacial score (nSPS) is 10.9. The van der Waals surface area contributed by atoms with E-state index >= 15 is 0 Å². The lowest BCUT2D eigenvalue weighted by molar-refractivity contribution is -0.113. The van der Waals surface area contributed by atoms with Gasteiger partial charge in [-0.3, -0.25) is 4.79 Å². The fraction of sp³-hybridized carbons (Fsp3) is 0.133. The molecule has 21 heavy (non-hydrogen) atoms. The minimum absolute atomic E-state index is 0.0894. The van der Waals surface area contributed by atoms with Gasteiger partial charge in [0.25, 0.3) is 0 Å². The van der Waals surface area contributed by atoms with E-state index in [2.05, 4.69) is 5.32 Å². The summed E-state index contributed by atoms with van der Waals surface area (Å²) in [6, 6.07) is 14.6. The third-order valence-corrected chi connectivity index (χ3v) is 4.43. The lowest BCUT2D eigenvalue weighted by Gasteiger charge is -2.07. The van der Waals surface area contributed by atoms with Crippen LogP contribution in [0.3, 0.4) is 0 Å². The number of anilines is 1. The van der Waals surface area contributed by atoms with E-state index < -0.39 is 21.5 Å². The first-order valence-electron chi connectivity index (χ1n) is 6.23. The number of hydrogen-bond donors (Lipinski definition) is 1. The summed E-state index contributed by atoms with van der Waals surface area (Å²) in [5, 5.41) is 2.55. The van der Waals surface area contributed by atoms with Gasteiger partial charge in [0.2, 0.25) is 5.91 Å². The Morgan fingerprint density at radius 3 is 2.24 bits per heavy atom. The van der Waals surface area contributed by atoms with Crippen molar-refractivity contribution in [2.75, 3.05) is 18.2 Å². The molecule has 0 fully saturated rings. The molecule has 0 bridgehead atoms. The SMILES string of the molecule is COc1ccc(S(=O)(=O)CC(=O)Nc2ccccc2)cc1. The number of carbonyl (C=O) groups excluding carboxylic acids is 1. The molecule has 1 N–H and O–H groups in total. The van der Waals surface area contributed by atoms with Crippen LogP contribution >= 0.6 is 0 Å². The van der Waals surface area contributed by atoms with Gasteiger partial charge in [0.05, 0.1) is 12.0 Å². The van der Waals surface area contributed by atoms with Gasteiger partial charge in [-0.25, -0.2) is 8.42 Å². The fourth-order valence-corrected chi connectivity index (χ4v) is 2.89. The second kappa shape index (κ2) is 6.41. The summed E-state index contributed by atoms with van der Waals surface area (Å²) in [5.41, 5.74) is 0.562. The van der Waals surface area contributed by atoms with E-state index in [1.165, 1.54) is 19.2 Å². The average molecular weight is 305 g/mol. The monoisotopic (exact) mass is 305 g/mol. The topological polar surface area (TPSA) is 72.5 Å². The van der Waals surface area contributed by atoms with Crippen molar-refractivity contribution in [2.45, 2.75) is 4.90 Å². The summed E-state index contributed by atoms with van der Waals surface area (Å²) in [6.45, 7) is 0. The third kappa shape index (κ3) is 4.06. The highest BCUT2D eigenvalue weighted by molar-refractivity contribution is 7.92. The van der Waals surface area contributed by atoms with Gasteiger partial charge in [0, 0.05) is 5.69 Å². The highest BCUT2D eigenvalue weighted by Crippen LogP contribution is 2.17. The predicted octanol–water partition coefficient (Wildman–Crippen LogP) is 2.11. The molecule has 2 aromatic rings. The van der Waals surface area contributed by atoms with E-state index in [1.807, 2.05) is 6.07 Å². The van der Waals surface area contributed by atoms with Crippen molar-refractivity contribution in [3.05, 3.63) is 54.6 Å². The Labute approximate surface area is 123 Å². The number of rotatable bonds is 5. The van der Waals surface area contributed by atoms with Crippen LogP contribution in [0.5, 0.6) is 5.75 Å². The van der Waals surface area contributed by atoms with Crippen molar-refractivity contribution in [2.24, 2.45) is 0 Å². The van der Waals surface area contributed by atoms with Crippen LogP contribution in [-0.4, -0.2) is 27.2 Å². The minimum atomic E-state index is -3.67. The molecule has 0 saturated heterocycles. The molecule has 5 nitrogen and oxygen atoms in total. The molecule has 0 saturated carbocycles. The summed E-state index contributed by atoms with van der Waals surface area (Å²) >= 11 is 0. The smallest absolute Gasteiger partial charge is 0.239 e. The number of nitrogens with one attached hydrogen (secondary N) is 1.